The van der Waals surface area contributed by atoms with E-state index in [1.165, 1.54) is 12.0 Å². The highest BCUT2D eigenvalue weighted by molar-refractivity contribution is 6.10. The molecule has 0 atom stereocenters. The molecular formula is C18H18N2O5. The number of β-amino-alcohol motifs (C(OH)–C–C–N with tert-alkyl or cyclic N) is 1. The van der Waals surface area contributed by atoms with E-state index in [4.69, 9.17) is 9.84 Å². The monoisotopic (exact) mass is 342 g/mol. The Balaban J connectivity index is 2.03. The number of aromatic hydroxyl groups is 1. The molecule has 0 aliphatic carbocycles. The lowest BCUT2D eigenvalue weighted by Crippen LogP contribution is -2.31. The van der Waals surface area contributed by atoms with Crippen LogP contribution in [0.5, 0.6) is 5.75 Å². The first-order valence-corrected chi connectivity index (χ1v) is 7.75. The van der Waals surface area contributed by atoms with E-state index in [-0.39, 0.29) is 42.6 Å². The molecule has 1 aliphatic heterocycles. The van der Waals surface area contributed by atoms with E-state index >= 15 is 0 Å². The molecule has 7 heteroatoms. The number of nitrogens with one attached hydrogen (secondary N) is 1. The topological polar surface area (TPSA) is 99.1 Å². The largest absolute Gasteiger partial charge is 0.508 e. The van der Waals surface area contributed by atoms with Crippen molar-refractivity contribution in [3.05, 3.63) is 47.7 Å². The Hall–Kier alpha value is -3.06. The summed E-state index contributed by atoms with van der Waals surface area (Å²) in [6.07, 6.45) is 0. The standard InChI is InChI=1S/C18H18N2O5/c1-25-18(24)14-10-20(7-8-21)17(23)16(14)19-15-4-2-3-11-5-6-12(22)9-13(11)15/h2-6,9,19,21-22H,7-8,10H2,1H3. The van der Waals surface area contributed by atoms with Gasteiger partial charge in [-0.25, -0.2) is 4.79 Å². The predicted octanol–water partition coefficient (Wildman–Crippen LogP) is 1.22. The predicted molar refractivity (Wildman–Crippen MR) is 91.9 cm³/mol. The molecule has 0 saturated carbocycles. The van der Waals surface area contributed by atoms with Gasteiger partial charge in [-0.3, -0.25) is 4.79 Å². The number of carbonyl (C=O) groups is 2. The van der Waals surface area contributed by atoms with Crippen molar-refractivity contribution in [3.8, 4) is 5.75 Å². The average Bonchev–Trinajstić information content (AvgIpc) is 2.91. The third kappa shape index (κ3) is 3.14. The summed E-state index contributed by atoms with van der Waals surface area (Å²) >= 11 is 0. The highest BCUT2D eigenvalue weighted by Gasteiger charge is 2.34. The number of ether oxygens (including phenoxy) is 1. The molecule has 0 unspecified atom stereocenters. The number of anilines is 1. The third-order valence-corrected chi connectivity index (χ3v) is 4.08. The molecule has 130 valence electrons. The van der Waals surface area contributed by atoms with Gasteiger partial charge < -0.3 is 25.2 Å². The van der Waals surface area contributed by atoms with Crippen molar-refractivity contribution in [2.75, 3.05) is 32.1 Å². The molecule has 1 amide bonds. The number of hydrogen-bond acceptors (Lipinski definition) is 6. The highest BCUT2D eigenvalue weighted by Crippen LogP contribution is 2.30. The van der Waals surface area contributed by atoms with Crippen molar-refractivity contribution in [2.45, 2.75) is 0 Å². The quantitative estimate of drug-likeness (QED) is 0.707. The van der Waals surface area contributed by atoms with Crippen molar-refractivity contribution in [1.29, 1.82) is 0 Å². The van der Waals surface area contributed by atoms with Crippen LogP contribution in [-0.4, -0.2) is 53.8 Å². The van der Waals surface area contributed by atoms with E-state index < -0.39 is 5.97 Å². The van der Waals surface area contributed by atoms with E-state index in [0.29, 0.717) is 11.1 Å². The first-order chi connectivity index (χ1) is 12.0. The molecule has 2 aromatic carbocycles. The second-order valence-corrected chi connectivity index (χ2v) is 5.63. The number of carbonyl (C=O) groups excluding carboxylic acids is 2. The molecule has 0 saturated heterocycles. The zero-order valence-electron chi connectivity index (χ0n) is 13.7. The van der Waals surface area contributed by atoms with Gasteiger partial charge in [0.05, 0.1) is 25.8 Å². The summed E-state index contributed by atoms with van der Waals surface area (Å²) < 4.78 is 4.77. The van der Waals surface area contributed by atoms with Crippen molar-refractivity contribution in [3.63, 3.8) is 0 Å². The third-order valence-electron chi connectivity index (χ3n) is 4.08. The van der Waals surface area contributed by atoms with Crippen LogP contribution in [0.15, 0.2) is 47.7 Å². The second-order valence-electron chi connectivity index (χ2n) is 5.63. The first-order valence-electron chi connectivity index (χ1n) is 7.75. The molecule has 0 bridgehead atoms. The van der Waals surface area contributed by atoms with Crippen LogP contribution in [-0.2, 0) is 14.3 Å². The lowest BCUT2D eigenvalue weighted by atomic mass is 10.1. The Morgan fingerprint density at radius 2 is 2.12 bits per heavy atom. The summed E-state index contributed by atoms with van der Waals surface area (Å²) in [5.74, 6) is -0.880. The number of amides is 1. The summed E-state index contributed by atoms with van der Waals surface area (Å²) in [5, 5.41) is 23.4. The van der Waals surface area contributed by atoms with Crippen molar-refractivity contribution >= 4 is 28.3 Å². The van der Waals surface area contributed by atoms with Gasteiger partial charge in [0.25, 0.3) is 5.91 Å². The maximum Gasteiger partial charge on any atom is 0.337 e. The van der Waals surface area contributed by atoms with Crippen LogP contribution < -0.4 is 5.32 Å². The molecule has 2 aromatic rings. The lowest BCUT2D eigenvalue weighted by Gasteiger charge is -2.15. The van der Waals surface area contributed by atoms with Gasteiger partial charge in [0.1, 0.15) is 11.4 Å². The van der Waals surface area contributed by atoms with Crippen molar-refractivity contribution in [2.24, 2.45) is 0 Å². The van der Waals surface area contributed by atoms with Gasteiger partial charge in [-0.15, -0.1) is 0 Å². The summed E-state index contributed by atoms with van der Waals surface area (Å²) in [7, 11) is 1.25. The summed E-state index contributed by atoms with van der Waals surface area (Å²) in [6, 6.07) is 10.4. The molecule has 0 fully saturated rings. The number of phenolic OH excluding ortho intramolecular Hbond substituents is 1. The number of methoxy groups -OCH3 is 1. The Kier molecular flexibility index (Phi) is 4.58. The van der Waals surface area contributed by atoms with E-state index in [2.05, 4.69) is 5.32 Å². The zero-order valence-corrected chi connectivity index (χ0v) is 13.7. The van der Waals surface area contributed by atoms with Crippen molar-refractivity contribution in [1.82, 2.24) is 4.90 Å². The SMILES string of the molecule is COC(=O)C1=C(Nc2cccc3ccc(O)cc23)C(=O)N(CCO)C1. The van der Waals surface area contributed by atoms with Crippen LogP contribution >= 0.6 is 0 Å². The molecule has 1 aliphatic rings. The van der Waals surface area contributed by atoms with Crippen LogP contribution in [0.2, 0.25) is 0 Å². The maximum atomic E-state index is 12.6. The molecule has 0 radical (unpaired) electrons. The molecule has 0 aromatic heterocycles. The van der Waals surface area contributed by atoms with Crippen LogP contribution in [0.3, 0.4) is 0 Å². The van der Waals surface area contributed by atoms with Gasteiger partial charge >= 0.3 is 5.97 Å². The molecule has 0 spiro atoms. The van der Waals surface area contributed by atoms with Gasteiger partial charge in [-0.1, -0.05) is 18.2 Å². The Bertz CT molecular complexity index is 875. The first kappa shape index (κ1) is 16.8. The van der Waals surface area contributed by atoms with E-state index in [1.807, 2.05) is 12.1 Å². The van der Waals surface area contributed by atoms with Gasteiger partial charge in [0.15, 0.2) is 0 Å². The van der Waals surface area contributed by atoms with Crippen LogP contribution in [0, 0.1) is 0 Å². The van der Waals surface area contributed by atoms with Gasteiger partial charge in [0.2, 0.25) is 0 Å². The van der Waals surface area contributed by atoms with Gasteiger partial charge in [-0.05, 0) is 23.6 Å². The number of aliphatic hydroxyl groups is 1. The number of esters is 1. The number of hydrogen-bond donors (Lipinski definition) is 3. The molecular weight excluding hydrogens is 324 g/mol. The fraction of sp³-hybridized carbons (Fsp3) is 0.222. The van der Waals surface area contributed by atoms with Crippen molar-refractivity contribution < 1.29 is 24.5 Å². The minimum atomic E-state index is -0.598. The smallest absolute Gasteiger partial charge is 0.337 e. The number of nitrogens with zero attached hydrogens (tertiary/aromatic N) is 1. The van der Waals surface area contributed by atoms with Crippen LogP contribution in [0.25, 0.3) is 10.8 Å². The average molecular weight is 342 g/mol. The number of phenols is 1. The van der Waals surface area contributed by atoms with Gasteiger partial charge in [-0.2, -0.15) is 0 Å². The molecule has 7 nitrogen and oxygen atoms in total. The fourth-order valence-electron chi connectivity index (χ4n) is 2.85. The second kappa shape index (κ2) is 6.82. The molecule has 3 N–H and O–H groups in total. The number of fused-ring (bicyclic) bond motifs is 1. The minimum Gasteiger partial charge on any atom is -0.508 e. The van der Waals surface area contributed by atoms with Crippen LogP contribution in [0.1, 0.15) is 0 Å². The van der Waals surface area contributed by atoms with E-state index in [1.54, 1.807) is 24.3 Å². The van der Waals surface area contributed by atoms with Crippen LogP contribution in [0.4, 0.5) is 5.69 Å². The molecule has 3 rings (SSSR count). The molecule has 1 heterocycles. The molecule has 25 heavy (non-hydrogen) atoms. The lowest BCUT2D eigenvalue weighted by molar-refractivity contribution is -0.136. The summed E-state index contributed by atoms with van der Waals surface area (Å²) in [4.78, 5) is 26.0. The summed E-state index contributed by atoms with van der Waals surface area (Å²) in [5.41, 5.74) is 0.915. The summed E-state index contributed by atoms with van der Waals surface area (Å²) in [6.45, 7) is 0.000855. The number of benzene rings is 2. The van der Waals surface area contributed by atoms with Gasteiger partial charge in [0, 0.05) is 17.6 Å². The minimum absolute atomic E-state index is 0.0738. The fourth-order valence-corrected chi connectivity index (χ4v) is 2.85. The highest BCUT2D eigenvalue weighted by atomic mass is 16.5. The Morgan fingerprint density at radius 1 is 1.32 bits per heavy atom. The maximum absolute atomic E-state index is 12.6. The normalized spacial score (nSPS) is 14.3. The Labute approximate surface area is 144 Å². The Morgan fingerprint density at radius 3 is 2.84 bits per heavy atom. The van der Waals surface area contributed by atoms with E-state index in [0.717, 1.165) is 5.39 Å². The van der Waals surface area contributed by atoms with E-state index in [9.17, 15) is 14.7 Å². The zero-order chi connectivity index (χ0) is 18.0. The number of rotatable bonds is 5. The number of aliphatic hydroxyl groups excluding tert-OH is 1.